The molecule has 1 aromatic heterocycles. The summed E-state index contributed by atoms with van der Waals surface area (Å²) >= 11 is 3.13. The molecule has 0 saturated carbocycles. The maximum atomic E-state index is 13.4. The summed E-state index contributed by atoms with van der Waals surface area (Å²) in [5.41, 5.74) is 9.02. The van der Waals surface area contributed by atoms with Crippen molar-refractivity contribution in [1.29, 1.82) is 0 Å². The average molecular weight is 608 g/mol. The van der Waals surface area contributed by atoms with Gasteiger partial charge in [0.1, 0.15) is 16.2 Å². The molecule has 2 fully saturated rings. The van der Waals surface area contributed by atoms with Crippen LogP contribution in [0.25, 0.3) is 16.5 Å². The highest BCUT2D eigenvalue weighted by atomic mass is 32.2. The van der Waals surface area contributed by atoms with Gasteiger partial charge in [-0.25, -0.2) is 4.98 Å². The van der Waals surface area contributed by atoms with Crippen molar-refractivity contribution >= 4 is 40.9 Å². The third-order valence-corrected chi connectivity index (χ3v) is 11.0. The number of aliphatic hydroxyl groups is 2. The van der Waals surface area contributed by atoms with Gasteiger partial charge in [-0.3, -0.25) is 14.5 Å². The predicted molar refractivity (Wildman–Crippen MR) is 163 cm³/mol. The van der Waals surface area contributed by atoms with Crippen LogP contribution in [0.2, 0.25) is 0 Å². The SMILES string of the molecule is CSc1nc(/C=C(\C)[C@@H]2C[C@@H]3N(CCN=[N+]=[N-])[C@]3(C)CCC[C@H](C)[C@H](O)[C@@H](C)C(=O)C(C)(C)[C@@H](O)CC(=O)O2)cs1. The van der Waals surface area contributed by atoms with Crippen molar-refractivity contribution in [1.82, 2.24) is 9.88 Å². The molecular formula is C29H45N5O5S2. The Kier molecular flexibility index (Phi) is 11.5. The lowest BCUT2D eigenvalue weighted by molar-refractivity contribution is -0.154. The smallest absolute Gasteiger partial charge is 0.309 e. The van der Waals surface area contributed by atoms with Crippen molar-refractivity contribution < 1.29 is 24.5 Å². The van der Waals surface area contributed by atoms with Crippen LogP contribution in [0.15, 0.2) is 20.4 Å². The van der Waals surface area contributed by atoms with E-state index >= 15 is 0 Å². The van der Waals surface area contributed by atoms with E-state index in [1.165, 1.54) is 0 Å². The average Bonchev–Trinajstić information content (AvgIpc) is 3.22. The number of ketones is 1. The van der Waals surface area contributed by atoms with Gasteiger partial charge in [0, 0.05) is 47.3 Å². The zero-order valence-electron chi connectivity index (χ0n) is 25.2. The quantitative estimate of drug-likeness (QED) is 0.108. The number of rotatable bonds is 6. The third kappa shape index (κ3) is 7.91. The summed E-state index contributed by atoms with van der Waals surface area (Å²) in [4.78, 5) is 36.4. The summed E-state index contributed by atoms with van der Waals surface area (Å²) in [5, 5.41) is 27.7. The summed E-state index contributed by atoms with van der Waals surface area (Å²) in [7, 11) is 0. The number of carbonyl (C=O) groups is 2. The van der Waals surface area contributed by atoms with Crippen LogP contribution >= 0.6 is 23.1 Å². The number of carbonyl (C=O) groups excluding carboxylic acids is 2. The van der Waals surface area contributed by atoms with Crippen LogP contribution in [0.5, 0.6) is 0 Å². The van der Waals surface area contributed by atoms with Gasteiger partial charge in [-0.15, -0.1) is 11.3 Å². The molecule has 1 unspecified atom stereocenters. The van der Waals surface area contributed by atoms with Crippen molar-refractivity contribution in [2.75, 3.05) is 19.3 Å². The maximum Gasteiger partial charge on any atom is 0.309 e. The number of Topliss-reactive ketones (excluding diaryl/α,β-unsaturated/α-hetero) is 1. The molecule has 41 heavy (non-hydrogen) atoms. The molecule has 0 aliphatic carbocycles. The van der Waals surface area contributed by atoms with Crippen LogP contribution in [0.3, 0.4) is 0 Å². The molecule has 10 nitrogen and oxygen atoms in total. The lowest BCUT2D eigenvalue weighted by Crippen LogP contribution is -2.45. The van der Waals surface area contributed by atoms with Gasteiger partial charge >= 0.3 is 5.97 Å². The number of cyclic esters (lactones) is 1. The molecule has 2 aliphatic rings. The molecule has 2 saturated heterocycles. The highest BCUT2D eigenvalue weighted by Gasteiger charge is 2.58. The number of thioether (sulfide) groups is 1. The van der Waals surface area contributed by atoms with Crippen molar-refractivity contribution in [3.05, 3.63) is 27.1 Å². The second-order valence-corrected chi connectivity index (χ2v) is 14.2. The Balaban J connectivity index is 1.95. The van der Waals surface area contributed by atoms with Gasteiger partial charge < -0.3 is 14.9 Å². The van der Waals surface area contributed by atoms with E-state index in [-0.39, 0.29) is 29.7 Å². The van der Waals surface area contributed by atoms with E-state index in [4.69, 9.17) is 10.3 Å². The lowest BCUT2D eigenvalue weighted by atomic mass is 9.73. The zero-order chi connectivity index (χ0) is 30.5. The van der Waals surface area contributed by atoms with E-state index in [9.17, 15) is 19.8 Å². The van der Waals surface area contributed by atoms with Crippen LogP contribution < -0.4 is 0 Å². The van der Waals surface area contributed by atoms with Gasteiger partial charge in [0.2, 0.25) is 0 Å². The van der Waals surface area contributed by atoms with E-state index < -0.39 is 35.6 Å². The molecular weight excluding hydrogens is 562 g/mol. The summed E-state index contributed by atoms with van der Waals surface area (Å²) in [5.74, 6) is -1.66. The summed E-state index contributed by atoms with van der Waals surface area (Å²) in [6, 6.07) is 0.0877. The summed E-state index contributed by atoms with van der Waals surface area (Å²) in [6.45, 7) is 11.9. The van der Waals surface area contributed by atoms with E-state index in [2.05, 4.69) is 26.8 Å². The fraction of sp³-hybridized carbons (Fsp3) is 0.759. The largest absolute Gasteiger partial charge is 0.458 e. The van der Waals surface area contributed by atoms with E-state index in [1.54, 1.807) is 43.9 Å². The van der Waals surface area contributed by atoms with Crippen LogP contribution in [0, 0.1) is 17.3 Å². The summed E-state index contributed by atoms with van der Waals surface area (Å²) in [6.07, 6.45) is 3.86. The number of ether oxygens (including phenoxy) is 1. The molecule has 8 atom stereocenters. The Morgan fingerprint density at radius 1 is 1.34 bits per heavy atom. The minimum atomic E-state index is -1.26. The first-order chi connectivity index (χ1) is 19.3. The number of aromatic nitrogens is 1. The van der Waals surface area contributed by atoms with Gasteiger partial charge in [0.25, 0.3) is 0 Å². The van der Waals surface area contributed by atoms with E-state index in [1.807, 2.05) is 31.6 Å². The normalized spacial score (nSPS) is 35.2. The van der Waals surface area contributed by atoms with Crippen molar-refractivity contribution in [2.24, 2.45) is 22.4 Å². The molecule has 3 heterocycles. The monoisotopic (exact) mass is 607 g/mol. The number of hydrogen-bond donors (Lipinski definition) is 2. The van der Waals surface area contributed by atoms with Gasteiger partial charge in [-0.05, 0) is 56.0 Å². The van der Waals surface area contributed by atoms with E-state index in [0.717, 1.165) is 34.9 Å². The molecule has 3 rings (SSSR count). The second kappa shape index (κ2) is 14.0. The van der Waals surface area contributed by atoms with Gasteiger partial charge in [-0.2, -0.15) is 0 Å². The van der Waals surface area contributed by atoms with Crippen LogP contribution in [-0.2, 0) is 14.3 Å². The topological polar surface area (TPSA) is 148 Å². The molecule has 2 N–H and O–H groups in total. The predicted octanol–water partition coefficient (Wildman–Crippen LogP) is 5.49. The number of esters is 1. The number of fused-ring (bicyclic) bond motifs is 1. The highest BCUT2D eigenvalue weighted by molar-refractivity contribution is 8.00. The van der Waals surface area contributed by atoms with Crippen LogP contribution in [-0.4, -0.2) is 81.1 Å². The maximum absolute atomic E-state index is 13.4. The number of hydrogen-bond acceptors (Lipinski definition) is 10. The molecule has 0 spiro atoms. The van der Waals surface area contributed by atoms with Crippen molar-refractivity contribution in [2.45, 2.75) is 108 Å². The Morgan fingerprint density at radius 2 is 2.05 bits per heavy atom. The molecule has 0 aromatic carbocycles. The molecule has 12 heteroatoms. The highest BCUT2D eigenvalue weighted by Crippen LogP contribution is 2.48. The van der Waals surface area contributed by atoms with Crippen molar-refractivity contribution in [3.63, 3.8) is 0 Å². The number of azide groups is 1. The Hall–Kier alpha value is -1.95. The standard InChI is InChI=1S/C29H45N5O5S2/c1-17-9-8-10-29(6)22(34(29)12-11-31-33-30)14-21(18(2)13-20-16-41-27(32-20)40-7)39-24(36)15-23(35)28(4,5)26(38)19(3)25(17)37/h13,16-17,19,21-23,25,35,37H,8-12,14-15H2,1-7H3/b18-13+/t17-,19+,21-,22-,23-,25-,29+,34?/m0/s1. The first-order valence-corrected chi connectivity index (χ1v) is 16.4. The van der Waals surface area contributed by atoms with Crippen LogP contribution in [0.4, 0.5) is 0 Å². The minimum Gasteiger partial charge on any atom is -0.458 e. The number of thiazole rings is 1. The van der Waals surface area contributed by atoms with Crippen LogP contribution in [0.1, 0.15) is 79.3 Å². The van der Waals surface area contributed by atoms with Crippen molar-refractivity contribution in [3.8, 4) is 0 Å². The molecule has 2 aliphatic heterocycles. The minimum absolute atomic E-state index is 0.0877. The molecule has 0 bridgehead atoms. The zero-order valence-corrected chi connectivity index (χ0v) is 26.9. The first-order valence-electron chi connectivity index (χ1n) is 14.3. The number of aliphatic hydroxyl groups excluding tert-OH is 2. The van der Waals surface area contributed by atoms with Gasteiger partial charge in [0.15, 0.2) is 0 Å². The Morgan fingerprint density at radius 3 is 2.68 bits per heavy atom. The Labute approximate surface area is 251 Å². The third-order valence-electron chi connectivity index (χ3n) is 9.14. The number of nitrogens with zero attached hydrogens (tertiary/aromatic N) is 5. The molecule has 1 aromatic rings. The van der Waals surface area contributed by atoms with E-state index in [0.29, 0.717) is 19.5 Å². The fourth-order valence-electron chi connectivity index (χ4n) is 6.14. The molecule has 0 amide bonds. The molecule has 228 valence electrons. The van der Waals surface area contributed by atoms with Gasteiger partial charge in [-0.1, -0.05) is 51.0 Å². The molecule has 0 radical (unpaired) electrons. The summed E-state index contributed by atoms with van der Waals surface area (Å²) < 4.78 is 6.98. The van der Waals surface area contributed by atoms with Gasteiger partial charge in [0.05, 0.1) is 29.7 Å². The first kappa shape index (κ1) is 33.6. The second-order valence-electron chi connectivity index (χ2n) is 12.3. The Bertz CT molecular complexity index is 1170. The fourth-order valence-corrected chi connectivity index (χ4v) is 7.36. The lowest BCUT2D eigenvalue weighted by Gasteiger charge is -2.34.